The van der Waals surface area contributed by atoms with Crippen LogP contribution in [-0.4, -0.2) is 67.0 Å². The van der Waals surface area contributed by atoms with E-state index in [4.69, 9.17) is 9.47 Å². The smallest absolute Gasteiger partial charge is 0.250 e. The first-order chi connectivity index (χ1) is 15.3. The van der Waals surface area contributed by atoms with Gasteiger partial charge in [-0.1, -0.05) is 13.3 Å². The summed E-state index contributed by atoms with van der Waals surface area (Å²) < 4.78 is 10.7. The van der Waals surface area contributed by atoms with Gasteiger partial charge in [0.05, 0.1) is 14.2 Å². The van der Waals surface area contributed by atoms with Crippen molar-refractivity contribution in [2.24, 2.45) is 5.92 Å². The van der Waals surface area contributed by atoms with E-state index in [9.17, 15) is 9.59 Å². The Labute approximate surface area is 192 Å². The molecule has 178 valence electrons. The number of rotatable bonds is 8. The van der Waals surface area contributed by atoms with E-state index >= 15 is 0 Å². The van der Waals surface area contributed by atoms with Crippen molar-refractivity contribution in [1.82, 2.24) is 9.80 Å². The molecule has 0 radical (unpaired) electrons. The second kappa shape index (κ2) is 10.6. The highest BCUT2D eigenvalue weighted by molar-refractivity contribution is 6.00. The van der Waals surface area contributed by atoms with Gasteiger partial charge in [-0.2, -0.15) is 0 Å². The van der Waals surface area contributed by atoms with Crippen molar-refractivity contribution in [3.05, 3.63) is 18.2 Å². The number of ether oxygens (including phenoxy) is 2. The standard InChI is InChI=1S/C25H39N3O4/c1-6-25(3,24(30)26-20-14-21(31-4)16-22(15-20)32-5)28(18(2)29)17-19-10-9-13-27-12-8-7-11-23(19)27/h14-16,19,23H,6-13,17H2,1-5H3,(H,26,30)/t19-,23+,25-/m1/s1. The van der Waals surface area contributed by atoms with Crippen molar-refractivity contribution >= 4 is 17.5 Å². The summed E-state index contributed by atoms with van der Waals surface area (Å²) in [5, 5.41) is 3.01. The molecule has 0 unspecified atom stereocenters. The van der Waals surface area contributed by atoms with Crippen LogP contribution in [0.2, 0.25) is 0 Å². The van der Waals surface area contributed by atoms with Crippen LogP contribution in [0, 0.1) is 5.92 Å². The van der Waals surface area contributed by atoms with Crippen LogP contribution < -0.4 is 14.8 Å². The normalized spacial score (nSPS) is 22.9. The van der Waals surface area contributed by atoms with Gasteiger partial charge < -0.3 is 24.6 Å². The van der Waals surface area contributed by atoms with Gasteiger partial charge >= 0.3 is 0 Å². The fourth-order valence-electron chi connectivity index (χ4n) is 5.32. The number of anilines is 1. The summed E-state index contributed by atoms with van der Waals surface area (Å²) in [5.74, 6) is 1.35. The number of fused-ring (bicyclic) bond motifs is 1. The summed E-state index contributed by atoms with van der Waals surface area (Å²) in [6.45, 7) is 8.36. The SMILES string of the molecule is CC[C@](C)(C(=O)Nc1cc(OC)cc(OC)c1)N(C[C@H]1CCCN2CCCC[C@@H]12)C(C)=O. The number of benzene rings is 1. The molecule has 1 aromatic carbocycles. The molecule has 3 rings (SSSR count). The number of nitrogens with one attached hydrogen (secondary N) is 1. The second-order valence-electron chi connectivity index (χ2n) is 9.31. The molecule has 2 amide bonds. The van der Waals surface area contributed by atoms with Crippen molar-refractivity contribution in [2.45, 2.75) is 70.9 Å². The highest BCUT2D eigenvalue weighted by Crippen LogP contribution is 2.34. The fourth-order valence-corrected chi connectivity index (χ4v) is 5.32. The molecular weight excluding hydrogens is 406 g/mol. The lowest BCUT2D eigenvalue weighted by atomic mass is 9.82. The maximum Gasteiger partial charge on any atom is 0.250 e. The molecule has 32 heavy (non-hydrogen) atoms. The molecule has 0 aromatic heterocycles. The summed E-state index contributed by atoms with van der Waals surface area (Å²) in [6.07, 6.45) is 6.50. The van der Waals surface area contributed by atoms with E-state index in [2.05, 4.69) is 10.2 Å². The molecule has 2 heterocycles. The van der Waals surface area contributed by atoms with Crippen molar-refractivity contribution in [3.63, 3.8) is 0 Å². The number of hydrogen-bond acceptors (Lipinski definition) is 5. The third-order valence-electron chi connectivity index (χ3n) is 7.41. The first-order valence-electron chi connectivity index (χ1n) is 11.9. The Balaban J connectivity index is 1.81. The molecule has 2 saturated heterocycles. The van der Waals surface area contributed by atoms with Crippen LogP contribution in [-0.2, 0) is 9.59 Å². The van der Waals surface area contributed by atoms with Crippen LogP contribution in [0.3, 0.4) is 0 Å². The highest BCUT2D eigenvalue weighted by atomic mass is 16.5. The third kappa shape index (κ3) is 5.20. The Kier molecular flexibility index (Phi) is 8.04. The summed E-state index contributed by atoms with van der Waals surface area (Å²) in [5.41, 5.74) is -0.357. The third-order valence-corrected chi connectivity index (χ3v) is 7.41. The topological polar surface area (TPSA) is 71.1 Å². The van der Waals surface area contributed by atoms with E-state index in [1.54, 1.807) is 39.3 Å². The second-order valence-corrected chi connectivity index (χ2v) is 9.31. The van der Waals surface area contributed by atoms with Gasteiger partial charge in [-0.05, 0) is 58.0 Å². The molecule has 2 fully saturated rings. The minimum atomic E-state index is -0.945. The lowest BCUT2D eigenvalue weighted by Gasteiger charge is -2.48. The minimum absolute atomic E-state index is 0.0549. The van der Waals surface area contributed by atoms with Crippen molar-refractivity contribution in [2.75, 3.05) is 39.2 Å². The Morgan fingerprint density at radius 3 is 2.34 bits per heavy atom. The monoisotopic (exact) mass is 445 g/mol. The lowest BCUT2D eigenvalue weighted by molar-refractivity contribution is -0.145. The van der Waals surface area contributed by atoms with E-state index in [0.717, 1.165) is 25.9 Å². The average Bonchev–Trinajstić information content (AvgIpc) is 2.81. The van der Waals surface area contributed by atoms with Gasteiger partial charge in [-0.25, -0.2) is 0 Å². The molecule has 7 nitrogen and oxygen atoms in total. The number of piperidine rings is 2. The zero-order chi connectivity index (χ0) is 23.3. The molecule has 1 N–H and O–H groups in total. The average molecular weight is 446 g/mol. The van der Waals surface area contributed by atoms with Crippen LogP contribution in [0.4, 0.5) is 5.69 Å². The van der Waals surface area contributed by atoms with Gasteiger partial charge in [0.15, 0.2) is 0 Å². The van der Waals surface area contributed by atoms with Crippen LogP contribution in [0.25, 0.3) is 0 Å². The molecule has 3 atom stereocenters. The first kappa shape index (κ1) is 24.4. The van der Waals surface area contributed by atoms with Gasteiger partial charge in [-0.3, -0.25) is 9.59 Å². The van der Waals surface area contributed by atoms with Crippen molar-refractivity contribution in [1.29, 1.82) is 0 Å². The van der Waals surface area contributed by atoms with E-state index in [1.807, 2.05) is 18.7 Å². The number of nitrogens with zero attached hydrogens (tertiary/aromatic N) is 2. The quantitative estimate of drug-likeness (QED) is 0.657. The molecule has 2 aliphatic heterocycles. The van der Waals surface area contributed by atoms with E-state index in [0.29, 0.717) is 42.1 Å². The molecule has 0 bridgehead atoms. The Hall–Kier alpha value is -2.28. The fraction of sp³-hybridized carbons (Fsp3) is 0.680. The van der Waals surface area contributed by atoms with Crippen LogP contribution in [0.15, 0.2) is 18.2 Å². The van der Waals surface area contributed by atoms with Gasteiger partial charge in [0.2, 0.25) is 11.8 Å². The Morgan fingerprint density at radius 2 is 1.75 bits per heavy atom. The first-order valence-corrected chi connectivity index (χ1v) is 11.9. The van der Waals surface area contributed by atoms with Gasteiger partial charge in [0.1, 0.15) is 17.0 Å². The van der Waals surface area contributed by atoms with E-state index < -0.39 is 5.54 Å². The molecule has 2 aliphatic rings. The molecule has 0 saturated carbocycles. The van der Waals surface area contributed by atoms with Gasteiger partial charge in [0, 0.05) is 43.4 Å². The van der Waals surface area contributed by atoms with Crippen molar-refractivity contribution < 1.29 is 19.1 Å². The Bertz CT molecular complexity index is 790. The predicted molar refractivity (Wildman–Crippen MR) is 126 cm³/mol. The van der Waals surface area contributed by atoms with Gasteiger partial charge in [0.25, 0.3) is 0 Å². The molecular formula is C25H39N3O4. The van der Waals surface area contributed by atoms with E-state index in [-0.39, 0.29) is 11.8 Å². The van der Waals surface area contributed by atoms with Crippen LogP contribution in [0.5, 0.6) is 11.5 Å². The van der Waals surface area contributed by atoms with Gasteiger partial charge in [-0.15, -0.1) is 0 Å². The summed E-state index contributed by atoms with van der Waals surface area (Å²) in [6, 6.07) is 5.80. The van der Waals surface area contributed by atoms with E-state index in [1.165, 1.54) is 19.3 Å². The van der Waals surface area contributed by atoms with Crippen molar-refractivity contribution in [3.8, 4) is 11.5 Å². The number of carbonyl (C=O) groups excluding carboxylic acids is 2. The lowest BCUT2D eigenvalue weighted by Crippen LogP contribution is -2.60. The minimum Gasteiger partial charge on any atom is -0.497 e. The largest absolute Gasteiger partial charge is 0.497 e. The number of methoxy groups -OCH3 is 2. The molecule has 0 aliphatic carbocycles. The number of carbonyl (C=O) groups is 2. The van der Waals surface area contributed by atoms with Crippen LogP contribution >= 0.6 is 0 Å². The summed E-state index contributed by atoms with van der Waals surface area (Å²) in [7, 11) is 3.15. The molecule has 0 spiro atoms. The summed E-state index contributed by atoms with van der Waals surface area (Å²) >= 11 is 0. The zero-order valence-corrected chi connectivity index (χ0v) is 20.3. The maximum atomic E-state index is 13.5. The summed E-state index contributed by atoms with van der Waals surface area (Å²) in [4.78, 5) is 30.8. The maximum absolute atomic E-state index is 13.5. The Morgan fingerprint density at radius 1 is 1.09 bits per heavy atom. The zero-order valence-electron chi connectivity index (χ0n) is 20.3. The molecule has 1 aromatic rings. The highest BCUT2D eigenvalue weighted by Gasteiger charge is 2.43. The van der Waals surface area contributed by atoms with Crippen LogP contribution in [0.1, 0.15) is 59.3 Å². The number of hydrogen-bond donors (Lipinski definition) is 1. The molecule has 7 heteroatoms. The number of amides is 2. The predicted octanol–water partition coefficient (Wildman–Crippen LogP) is 3.92.